The van der Waals surface area contributed by atoms with Gasteiger partial charge in [0.15, 0.2) is 5.78 Å². The summed E-state index contributed by atoms with van der Waals surface area (Å²) in [6, 6.07) is 5.66. The predicted octanol–water partition coefficient (Wildman–Crippen LogP) is 1.78. The van der Waals surface area contributed by atoms with Crippen molar-refractivity contribution in [1.29, 1.82) is 0 Å². The number of carbonyl (C=O) groups is 2. The molecule has 86 valence electrons. The lowest BCUT2D eigenvalue weighted by atomic mass is 10.1. The second-order valence-corrected chi connectivity index (χ2v) is 3.78. The zero-order chi connectivity index (χ0) is 12.1. The van der Waals surface area contributed by atoms with Gasteiger partial charge in [-0.15, -0.1) is 0 Å². The van der Waals surface area contributed by atoms with Crippen LogP contribution in [-0.4, -0.2) is 18.2 Å². The quantitative estimate of drug-likeness (QED) is 0.845. The molecule has 0 spiro atoms. The second-order valence-electron chi connectivity index (χ2n) is 3.78. The van der Waals surface area contributed by atoms with Crippen LogP contribution >= 0.6 is 0 Å². The van der Waals surface area contributed by atoms with Gasteiger partial charge in [-0.3, -0.25) is 9.59 Å². The third-order valence-corrected chi connectivity index (χ3v) is 2.19. The molecule has 0 saturated carbocycles. The first kappa shape index (κ1) is 12.4. The molecule has 0 aliphatic carbocycles. The number of rotatable bonds is 4. The average Bonchev–Trinajstić information content (AvgIpc) is 2.25. The third-order valence-electron chi connectivity index (χ3n) is 2.19. The van der Waals surface area contributed by atoms with Gasteiger partial charge in [0.05, 0.1) is 12.1 Å². The van der Waals surface area contributed by atoms with Crippen LogP contribution in [-0.2, 0) is 4.79 Å². The lowest BCUT2D eigenvalue weighted by Crippen LogP contribution is -2.32. The van der Waals surface area contributed by atoms with E-state index in [4.69, 9.17) is 0 Å². The summed E-state index contributed by atoms with van der Waals surface area (Å²) >= 11 is 0. The molecule has 1 amide bonds. The summed E-state index contributed by atoms with van der Waals surface area (Å²) in [5.41, 5.74) is -0.0425. The molecular weight excluding hydrogens is 209 g/mol. The van der Waals surface area contributed by atoms with Gasteiger partial charge in [0.1, 0.15) is 5.82 Å². The first-order chi connectivity index (χ1) is 7.52. The minimum atomic E-state index is -0.586. The van der Waals surface area contributed by atoms with Crippen molar-refractivity contribution in [2.75, 3.05) is 6.54 Å². The number of amides is 1. The lowest BCUT2D eigenvalue weighted by Gasteiger charge is -2.06. The minimum absolute atomic E-state index is 0.0425. The Labute approximate surface area is 93.7 Å². The Hall–Kier alpha value is -1.71. The van der Waals surface area contributed by atoms with E-state index in [1.165, 1.54) is 18.2 Å². The molecule has 0 heterocycles. The molecule has 16 heavy (non-hydrogen) atoms. The van der Waals surface area contributed by atoms with Crippen molar-refractivity contribution in [3.05, 3.63) is 35.6 Å². The van der Waals surface area contributed by atoms with E-state index >= 15 is 0 Å². The van der Waals surface area contributed by atoms with Gasteiger partial charge in [0.25, 0.3) is 5.91 Å². The van der Waals surface area contributed by atoms with Crippen molar-refractivity contribution in [3.63, 3.8) is 0 Å². The topological polar surface area (TPSA) is 46.2 Å². The van der Waals surface area contributed by atoms with Gasteiger partial charge < -0.3 is 5.32 Å². The Bertz CT molecular complexity index is 402. The Kier molecular flexibility index (Phi) is 4.17. The van der Waals surface area contributed by atoms with Gasteiger partial charge in [0.2, 0.25) is 0 Å². The van der Waals surface area contributed by atoms with Crippen molar-refractivity contribution < 1.29 is 14.0 Å². The van der Waals surface area contributed by atoms with Crippen LogP contribution in [0.5, 0.6) is 0 Å². The number of halogens is 1. The summed E-state index contributed by atoms with van der Waals surface area (Å²) in [5, 5.41) is 2.39. The molecule has 0 radical (unpaired) electrons. The van der Waals surface area contributed by atoms with Crippen molar-refractivity contribution in [3.8, 4) is 0 Å². The number of hydrogen-bond donors (Lipinski definition) is 1. The van der Waals surface area contributed by atoms with Crippen LogP contribution in [0.1, 0.15) is 24.2 Å². The first-order valence-electron chi connectivity index (χ1n) is 5.08. The fourth-order valence-electron chi connectivity index (χ4n) is 1.11. The van der Waals surface area contributed by atoms with Crippen molar-refractivity contribution in [2.24, 2.45) is 5.92 Å². The molecule has 0 aromatic heterocycles. The molecule has 1 N–H and O–H groups in total. The molecule has 0 unspecified atom stereocenters. The summed E-state index contributed by atoms with van der Waals surface area (Å²) in [7, 11) is 0. The zero-order valence-electron chi connectivity index (χ0n) is 9.29. The number of ketones is 1. The average molecular weight is 223 g/mol. The number of benzene rings is 1. The Morgan fingerprint density at radius 3 is 2.50 bits per heavy atom. The molecule has 3 nitrogen and oxygen atoms in total. The van der Waals surface area contributed by atoms with Crippen molar-refractivity contribution in [2.45, 2.75) is 13.8 Å². The molecule has 0 atom stereocenters. The minimum Gasteiger partial charge on any atom is -0.345 e. The fraction of sp³-hybridized carbons (Fsp3) is 0.333. The smallest absolute Gasteiger partial charge is 0.254 e. The van der Waals surface area contributed by atoms with E-state index in [9.17, 15) is 14.0 Å². The SMILES string of the molecule is CC(C)C(=O)CNC(=O)c1ccccc1F. The lowest BCUT2D eigenvalue weighted by molar-refractivity contribution is -0.120. The number of hydrogen-bond acceptors (Lipinski definition) is 2. The van der Waals surface area contributed by atoms with Crippen LogP contribution in [0.3, 0.4) is 0 Å². The Morgan fingerprint density at radius 1 is 1.31 bits per heavy atom. The van der Waals surface area contributed by atoms with Crippen LogP contribution in [0.4, 0.5) is 4.39 Å². The normalized spacial score (nSPS) is 10.2. The number of Topliss-reactive ketones (excluding diaryl/α,β-unsaturated/α-hetero) is 1. The maximum atomic E-state index is 13.2. The predicted molar refractivity (Wildman–Crippen MR) is 58.6 cm³/mol. The molecule has 4 heteroatoms. The molecule has 0 bridgehead atoms. The highest BCUT2D eigenvalue weighted by Gasteiger charge is 2.13. The van der Waals surface area contributed by atoms with Gasteiger partial charge in [0, 0.05) is 5.92 Å². The highest BCUT2D eigenvalue weighted by atomic mass is 19.1. The summed E-state index contributed by atoms with van der Waals surface area (Å²) in [4.78, 5) is 22.7. The molecule has 0 aliphatic rings. The molecule has 1 rings (SSSR count). The summed E-state index contributed by atoms with van der Waals surface area (Å²) < 4.78 is 13.2. The van der Waals surface area contributed by atoms with Crippen LogP contribution in [0, 0.1) is 11.7 Å². The van der Waals surface area contributed by atoms with Crippen LogP contribution in [0.15, 0.2) is 24.3 Å². The maximum Gasteiger partial charge on any atom is 0.254 e. The second kappa shape index (κ2) is 5.39. The standard InChI is InChI=1S/C12H14FNO2/c1-8(2)11(15)7-14-12(16)9-5-3-4-6-10(9)13/h3-6,8H,7H2,1-2H3,(H,14,16). The van der Waals surface area contributed by atoms with E-state index in [1.54, 1.807) is 19.9 Å². The highest BCUT2D eigenvalue weighted by Crippen LogP contribution is 2.05. The van der Waals surface area contributed by atoms with E-state index in [1.807, 2.05) is 0 Å². The van der Waals surface area contributed by atoms with Gasteiger partial charge in [-0.05, 0) is 12.1 Å². The molecule has 1 aromatic rings. The highest BCUT2D eigenvalue weighted by molar-refractivity contribution is 5.97. The number of nitrogens with one attached hydrogen (secondary N) is 1. The van der Waals surface area contributed by atoms with Gasteiger partial charge >= 0.3 is 0 Å². The molecule has 1 aromatic carbocycles. The molecular formula is C12H14FNO2. The van der Waals surface area contributed by atoms with E-state index in [2.05, 4.69) is 5.32 Å². The number of carbonyl (C=O) groups excluding carboxylic acids is 2. The Balaban J connectivity index is 2.60. The third kappa shape index (κ3) is 3.15. The molecule has 0 aliphatic heterocycles. The summed E-state index contributed by atoms with van der Waals surface area (Å²) in [6.45, 7) is 3.43. The van der Waals surface area contributed by atoms with Crippen LogP contribution in [0.25, 0.3) is 0 Å². The molecule has 0 saturated heterocycles. The summed E-state index contributed by atoms with van der Waals surface area (Å²) in [6.07, 6.45) is 0. The monoisotopic (exact) mass is 223 g/mol. The Morgan fingerprint density at radius 2 is 1.94 bits per heavy atom. The van der Waals surface area contributed by atoms with E-state index < -0.39 is 11.7 Å². The van der Waals surface area contributed by atoms with Crippen LogP contribution in [0.2, 0.25) is 0 Å². The van der Waals surface area contributed by atoms with E-state index in [0.29, 0.717) is 0 Å². The van der Waals surface area contributed by atoms with Crippen LogP contribution < -0.4 is 5.32 Å². The van der Waals surface area contributed by atoms with Gasteiger partial charge in [-0.25, -0.2) is 4.39 Å². The zero-order valence-corrected chi connectivity index (χ0v) is 9.29. The van der Waals surface area contributed by atoms with E-state index in [0.717, 1.165) is 0 Å². The molecule has 0 fully saturated rings. The van der Waals surface area contributed by atoms with Gasteiger partial charge in [-0.2, -0.15) is 0 Å². The van der Waals surface area contributed by atoms with Gasteiger partial charge in [-0.1, -0.05) is 26.0 Å². The van der Waals surface area contributed by atoms with Crippen molar-refractivity contribution >= 4 is 11.7 Å². The van der Waals surface area contributed by atoms with Crippen molar-refractivity contribution in [1.82, 2.24) is 5.32 Å². The first-order valence-corrected chi connectivity index (χ1v) is 5.08. The fourth-order valence-corrected chi connectivity index (χ4v) is 1.11. The maximum absolute atomic E-state index is 13.2. The van der Waals surface area contributed by atoms with E-state index in [-0.39, 0.29) is 23.8 Å². The summed E-state index contributed by atoms with van der Waals surface area (Å²) in [5.74, 6) is -1.37. The largest absolute Gasteiger partial charge is 0.345 e.